The van der Waals surface area contributed by atoms with Crippen LogP contribution in [-0.2, 0) is 16.4 Å². The molecule has 8 heteroatoms. The number of aryl methyl sites for hydroxylation is 1. The molecule has 0 radical (unpaired) electrons. The van der Waals surface area contributed by atoms with E-state index < -0.39 is 10.0 Å². The first-order valence-corrected chi connectivity index (χ1v) is 11.9. The molecule has 0 N–H and O–H groups in total. The van der Waals surface area contributed by atoms with Gasteiger partial charge in [-0.2, -0.15) is 9.29 Å². The largest absolute Gasteiger partial charge is 0.354 e. The summed E-state index contributed by atoms with van der Waals surface area (Å²) < 4.78 is 27.5. The van der Waals surface area contributed by atoms with E-state index in [1.807, 2.05) is 24.4 Å². The lowest BCUT2D eigenvalue weighted by atomic mass is 10.1. The Kier molecular flexibility index (Phi) is 6.01. The van der Waals surface area contributed by atoms with Gasteiger partial charge in [0.15, 0.2) is 0 Å². The van der Waals surface area contributed by atoms with Crippen molar-refractivity contribution < 1.29 is 8.42 Å². The molecule has 1 aromatic carbocycles. The van der Waals surface area contributed by atoms with Crippen molar-refractivity contribution in [3.05, 3.63) is 42.1 Å². The molecular weight excluding hydrogens is 386 g/mol. The van der Waals surface area contributed by atoms with Gasteiger partial charge in [0.1, 0.15) is 5.82 Å². The van der Waals surface area contributed by atoms with Crippen molar-refractivity contribution in [3.63, 3.8) is 0 Å². The second kappa shape index (κ2) is 8.67. The van der Waals surface area contributed by atoms with Crippen molar-refractivity contribution in [2.24, 2.45) is 0 Å². The Labute approximate surface area is 173 Å². The normalized spacial score (nSPS) is 18.8. The fourth-order valence-electron chi connectivity index (χ4n) is 3.97. The predicted octanol–water partition coefficient (Wildman–Crippen LogP) is 2.54. The van der Waals surface area contributed by atoms with Gasteiger partial charge in [0.05, 0.1) is 4.90 Å². The zero-order valence-electron chi connectivity index (χ0n) is 17.0. The third kappa shape index (κ3) is 4.38. The van der Waals surface area contributed by atoms with Crippen LogP contribution in [0.15, 0.2) is 41.4 Å². The van der Waals surface area contributed by atoms with E-state index in [4.69, 9.17) is 4.98 Å². The van der Waals surface area contributed by atoms with Gasteiger partial charge in [-0.3, -0.25) is 0 Å². The number of hydrogen-bond acceptors (Lipinski definition) is 6. The number of rotatable bonds is 5. The Morgan fingerprint density at radius 3 is 2.21 bits per heavy atom. The Morgan fingerprint density at radius 2 is 1.55 bits per heavy atom. The summed E-state index contributed by atoms with van der Waals surface area (Å²) in [6.07, 6.45) is 6.35. The number of anilines is 2. The SMILES string of the molecule is CCc1ccc(S(=O)(=O)N2CCN(c3ccnc(N4CCCCC4)n3)CC2)cc1. The molecule has 0 unspecified atom stereocenters. The molecule has 156 valence electrons. The molecule has 2 aliphatic heterocycles. The monoisotopic (exact) mass is 415 g/mol. The van der Waals surface area contributed by atoms with E-state index >= 15 is 0 Å². The molecule has 2 aromatic rings. The summed E-state index contributed by atoms with van der Waals surface area (Å²) >= 11 is 0. The Hall–Kier alpha value is -2.19. The maximum atomic E-state index is 13.0. The van der Waals surface area contributed by atoms with Crippen LogP contribution in [0.5, 0.6) is 0 Å². The number of piperidine rings is 1. The van der Waals surface area contributed by atoms with Crippen LogP contribution in [0.3, 0.4) is 0 Å². The minimum Gasteiger partial charge on any atom is -0.354 e. The molecule has 0 spiro atoms. The van der Waals surface area contributed by atoms with E-state index in [1.165, 1.54) is 19.3 Å². The van der Waals surface area contributed by atoms with Gasteiger partial charge in [0, 0.05) is 45.5 Å². The molecule has 0 saturated carbocycles. The Morgan fingerprint density at radius 1 is 0.862 bits per heavy atom. The summed E-state index contributed by atoms with van der Waals surface area (Å²) in [5.41, 5.74) is 1.14. The molecule has 7 nitrogen and oxygen atoms in total. The van der Waals surface area contributed by atoms with Gasteiger partial charge in [-0.05, 0) is 49.4 Å². The van der Waals surface area contributed by atoms with Gasteiger partial charge in [0.25, 0.3) is 0 Å². The second-order valence-electron chi connectivity index (χ2n) is 7.65. The lowest BCUT2D eigenvalue weighted by molar-refractivity contribution is 0.383. The highest BCUT2D eigenvalue weighted by atomic mass is 32.2. The molecule has 1 aromatic heterocycles. The van der Waals surface area contributed by atoms with Crippen molar-refractivity contribution in [2.75, 3.05) is 49.1 Å². The van der Waals surface area contributed by atoms with E-state index in [2.05, 4.69) is 21.7 Å². The molecule has 0 atom stereocenters. The minimum atomic E-state index is -3.45. The van der Waals surface area contributed by atoms with Crippen molar-refractivity contribution in [1.29, 1.82) is 0 Å². The summed E-state index contributed by atoms with van der Waals surface area (Å²) in [5.74, 6) is 1.66. The molecule has 0 aliphatic carbocycles. The summed E-state index contributed by atoms with van der Waals surface area (Å²) in [6.45, 7) is 6.25. The standard InChI is InChI=1S/C21H29N5O2S/c1-2-18-6-8-19(9-7-18)29(27,28)26-16-14-24(15-17-26)20-10-11-22-21(23-20)25-12-4-3-5-13-25/h6-11H,2-5,12-17H2,1H3. The van der Waals surface area contributed by atoms with E-state index in [0.29, 0.717) is 31.1 Å². The fourth-order valence-corrected chi connectivity index (χ4v) is 5.39. The lowest BCUT2D eigenvalue weighted by Crippen LogP contribution is -2.49. The quantitative estimate of drug-likeness (QED) is 0.748. The van der Waals surface area contributed by atoms with Gasteiger partial charge in [-0.25, -0.2) is 13.4 Å². The van der Waals surface area contributed by atoms with Crippen LogP contribution in [0.4, 0.5) is 11.8 Å². The summed E-state index contributed by atoms with van der Waals surface area (Å²) in [7, 11) is -3.45. The zero-order chi connectivity index (χ0) is 20.3. The van der Waals surface area contributed by atoms with Crippen molar-refractivity contribution in [2.45, 2.75) is 37.5 Å². The van der Waals surface area contributed by atoms with Gasteiger partial charge in [-0.15, -0.1) is 0 Å². The Bertz CT molecular complexity index is 918. The van der Waals surface area contributed by atoms with Crippen LogP contribution >= 0.6 is 0 Å². The maximum Gasteiger partial charge on any atom is 0.243 e. The number of sulfonamides is 1. The number of nitrogens with zero attached hydrogens (tertiary/aromatic N) is 5. The van der Waals surface area contributed by atoms with E-state index in [-0.39, 0.29) is 0 Å². The molecule has 0 amide bonds. The molecule has 29 heavy (non-hydrogen) atoms. The van der Waals surface area contributed by atoms with E-state index in [9.17, 15) is 8.42 Å². The first-order valence-electron chi connectivity index (χ1n) is 10.5. The van der Waals surface area contributed by atoms with Gasteiger partial charge < -0.3 is 9.80 Å². The highest BCUT2D eigenvalue weighted by Crippen LogP contribution is 2.22. The predicted molar refractivity (Wildman–Crippen MR) is 115 cm³/mol. The van der Waals surface area contributed by atoms with Crippen molar-refractivity contribution in [1.82, 2.24) is 14.3 Å². The number of hydrogen-bond donors (Lipinski definition) is 0. The Balaban J connectivity index is 1.42. The first-order chi connectivity index (χ1) is 14.1. The summed E-state index contributed by atoms with van der Waals surface area (Å²) in [5, 5.41) is 0. The number of benzene rings is 1. The highest BCUT2D eigenvalue weighted by Gasteiger charge is 2.29. The molecule has 2 saturated heterocycles. The van der Waals surface area contributed by atoms with Gasteiger partial charge in [0.2, 0.25) is 16.0 Å². The second-order valence-corrected chi connectivity index (χ2v) is 9.59. The lowest BCUT2D eigenvalue weighted by Gasteiger charge is -2.35. The highest BCUT2D eigenvalue weighted by molar-refractivity contribution is 7.89. The molecule has 4 rings (SSSR count). The van der Waals surface area contributed by atoms with Crippen LogP contribution in [-0.4, -0.2) is 62.0 Å². The van der Waals surface area contributed by atoms with Crippen LogP contribution < -0.4 is 9.80 Å². The molecule has 0 bridgehead atoms. The van der Waals surface area contributed by atoms with Crippen molar-refractivity contribution in [3.8, 4) is 0 Å². The summed E-state index contributed by atoms with van der Waals surface area (Å²) in [4.78, 5) is 14.0. The zero-order valence-corrected chi connectivity index (χ0v) is 17.8. The van der Waals surface area contributed by atoms with Crippen molar-refractivity contribution >= 4 is 21.8 Å². The third-order valence-electron chi connectivity index (χ3n) is 5.80. The molecule has 2 aliphatic rings. The van der Waals surface area contributed by atoms with Crippen LogP contribution in [0.1, 0.15) is 31.7 Å². The average Bonchev–Trinajstić information content (AvgIpc) is 2.80. The van der Waals surface area contributed by atoms with Crippen LogP contribution in [0, 0.1) is 0 Å². The van der Waals surface area contributed by atoms with E-state index in [1.54, 1.807) is 16.4 Å². The smallest absolute Gasteiger partial charge is 0.243 e. The number of piperazine rings is 1. The topological polar surface area (TPSA) is 69.6 Å². The van der Waals surface area contributed by atoms with Crippen LogP contribution in [0.25, 0.3) is 0 Å². The van der Waals surface area contributed by atoms with E-state index in [0.717, 1.165) is 36.8 Å². The summed E-state index contributed by atoms with van der Waals surface area (Å²) in [6, 6.07) is 9.14. The van der Waals surface area contributed by atoms with Crippen LogP contribution in [0.2, 0.25) is 0 Å². The maximum absolute atomic E-state index is 13.0. The minimum absolute atomic E-state index is 0.373. The average molecular weight is 416 g/mol. The third-order valence-corrected chi connectivity index (χ3v) is 7.71. The number of aromatic nitrogens is 2. The van der Waals surface area contributed by atoms with Gasteiger partial charge >= 0.3 is 0 Å². The molecule has 3 heterocycles. The fraction of sp³-hybridized carbons (Fsp3) is 0.524. The first kappa shape index (κ1) is 20.1. The molecule has 2 fully saturated rings. The molecular formula is C21H29N5O2S. The van der Waals surface area contributed by atoms with Gasteiger partial charge in [-0.1, -0.05) is 19.1 Å².